The van der Waals surface area contributed by atoms with Crippen LogP contribution in [-0.4, -0.2) is 62.4 Å². The molecule has 0 aliphatic carbocycles. The molecule has 8 nitrogen and oxygen atoms in total. The monoisotopic (exact) mass is 519 g/mol. The van der Waals surface area contributed by atoms with E-state index >= 15 is 0 Å². The number of amides is 1. The van der Waals surface area contributed by atoms with Gasteiger partial charge in [0.05, 0.1) is 12.7 Å². The second kappa shape index (κ2) is 15.4. The molecular weight excluding hydrogens is 485 g/mol. The number of anilines is 1. The summed E-state index contributed by atoms with van der Waals surface area (Å²) in [5, 5.41) is 9.15. The van der Waals surface area contributed by atoms with Gasteiger partial charge >= 0.3 is 0 Å². The second-order valence-electron chi connectivity index (χ2n) is 6.77. The van der Waals surface area contributed by atoms with Crippen LogP contribution in [0.4, 0.5) is 5.82 Å². The highest BCUT2D eigenvalue weighted by Crippen LogP contribution is 2.11. The summed E-state index contributed by atoms with van der Waals surface area (Å²) in [4.78, 5) is 20.7. The molecule has 0 bridgehead atoms. The van der Waals surface area contributed by atoms with Gasteiger partial charge in [-0.2, -0.15) is 0 Å². The van der Waals surface area contributed by atoms with Gasteiger partial charge in [0.15, 0.2) is 5.96 Å². The van der Waals surface area contributed by atoms with Crippen molar-refractivity contribution >= 4 is 41.7 Å². The molecule has 0 spiro atoms. The van der Waals surface area contributed by atoms with Crippen LogP contribution < -0.4 is 16.0 Å². The largest absolute Gasteiger partial charge is 0.379 e. The normalized spacial score (nSPS) is 16.2. The molecule has 1 unspecified atom stereocenters. The van der Waals surface area contributed by atoms with Crippen LogP contribution in [0.25, 0.3) is 0 Å². The Morgan fingerprint density at radius 1 is 1.38 bits per heavy atom. The number of ether oxygens (including phenoxy) is 2. The first-order valence-corrected chi connectivity index (χ1v) is 10.1. The summed E-state index contributed by atoms with van der Waals surface area (Å²) in [5.41, 5.74) is 1.06. The van der Waals surface area contributed by atoms with Crippen LogP contribution >= 0.6 is 24.0 Å². The predicted molar refractivity (Wildman–Crippen MR) is 126 cm³/mol. The summed E-state index contributed by atoms with van der Waals surface area (Å²) < 4.78 is 11.2. The van der Waals surface area contributed by atoms with Crippen LogP contribution in [0, 0.1) is 6.92 Å². The molecule has 0 radical (unpaired) electrons. The number of aryl methyl sites for hydroxylation is 1. The zero-order chi connectivity index (χ0) is 20.0. The van der Waals surface area contributed by atoms with Gasteiger partial charge in [-0.3, -0.25) is 9.79 Å². The highest BCUT2D eigenvalue weighted by atomic mass is 127. The number of nitrogens with one attached hydrogen (secondary N) is 3. The van der Waals surface area contributed by atoms with Crippen molar-refractivity contribution < 1.29 is 14.3 Å². The lowest BCUT2D eigenvalue weighted by Gasteiger charge is -2.12. The Bertz CT molecular complexity index is 607. The molecule has 1 fully saturated rings. The first-order chi connectivity index (χ1) is 13.7. The average molecular weight is 519 g/mol. The molecule has 29 heavy (non-hydrogen) atoms. The number of guanidine groups is 1. The first-order valence-electron chi connectivity index (χ1n) is 10.1. The number of aromatic nitrogens is 1. The molecule has 1 aliphatic rings. The Balaban J connectivity index is 0.00000420. The molecule has 9 heteroatoms. The Morgan fingerprint density at radius 3 is 2.93 bits per heavy atom. The molecule has 1 saturated heterocycles. The quantitative estimate of drug-likeness (QED) is 0.180. The zero-order valence-corrected chi connectivity index (χ0v) is 19.7. The summed E-state index contributed by atoms with van der Waals surface area (Å²) in [5.74, 6) is 1.20. The maximum Gasteiger partial charge on any atom is 0.227 e. The predicted octanol–water partition coefficient (Wildman–Crippen LogP) is 2.48. The highest BCUT2D eigenvalue weighted by Gasteiger charge is 2.14. The first kappa shape index (κ1) is 25.6. The van der Waals surface area contributed by atoms with Crippen molar-refractivity contribution in [3.8, 4) is 0 Å². The fourth-order valence-electron chi connectivity index (χ4n) is 2.73. The second-order valence-corrected chi connectivity index (χ2v) is 6.77. The van der Waals surface area contributed by atoms with Crippen molar-refractivity contribution in [3.63, 3.8) is 0 Å². The van der Waals surface area contributed by atoms with Gasteiger partial charge in [-0.15, -0.1) is 24.0 Å². The molecular formula is C20H34IN5O3. The minimum absolute atomic E-state index is 0. The van der Waals surface area contributed by atoms with E-state index in [0.717, 1.165) is 38.0 Å². The van der Waals surface area contributed by atoms with E-state index in [9.17, 15) is 4.79 Å². The van der Waals surface area contributed by atoms with E-state index in [0.29, 0.717) is 44.5 Å². The van der Waals surface area contributed by atoms with Crippen molar-refractivity contribution in [2.24, 2.45) is 4.99 Å². The van der Waals surface area contributed by atoms with Gasteiger partial charge in [0.1, 0.15) is 5.82 Å². The van der Waals surface area contributed by atoms with Crippen LogP contribution in [-0.2, 0) is 14.3 Å². The van der Waals surface area contributed by atoms with Crippen LogP contribution in [0.15, 0.2) is 23.3 Å². The van der Waals surface area contributed by atoms with Crippen molar-refractivity contribution in [2.75, 3.05) is 44.8 Å². The molecule has 1 aliphatic heterocycles. The molecule has 0 aromatic carbocycles. The van der Waals surface area contributed by atoms with Crippen molar-refractivity contribution in [1.82, 2.24) is 15.6 Å². The minimum Gasteiger partial charge on any atom is -0.379 e. The number of halogens is 1. The number of rotatable bonds is 11. The standard InChI is InChI=1S/C20H33N5O3.HI/c1-3-21-20(22-10-5-12-27-15-17-6-4-13-28-17)23-11-9-19(26)25-18-8-7-16(2)14-24-18;/h7-8,14,17H,3-6,9-13,15H2,1-2H3,(H2,21,22,23)(H,24,25,26);1H. The Kier molecular flexibility index (Phi) is 13.6. The van der Waals surface area contributed by atoms with Crippen LogP contribution in [0.5, 0.6) is 0 Å². The Labute approximate surface area is 190 Å². The molecule has 1 aromatic rings. The van der Waals surface area contributed by atoms with E-state index < -0.39 is 0 Å². The third kappa shape index (κ3) is 11.3. The van der Waals surface area contributed by atoms with Gasteiger partial charge in [-0.25, -0.2) is 4.98 Å². The molecule has 1 aromatic heterocycles. The van der Waals surface area contributed by atoms with E-state index in [1.807, 2.05) is 19.9 Å². The van der Waals surface area contributed by atoms with E-state index in [1.165, 1.54) is 0 Å². The van der Waals surface area contributed by atoms with Crippen LogP contribution in [0.3, 0.4) is 0 Å². The third-order valence-electron chi connectivity index (χ3n) is 4.21. The lowest BCUT2D eigenvalue weighted by molar-refractivity contribution is -0.116. The van der Waals surface area contributed by atoms with Gasteiger partial charge in [-0.05, 0) is 44.7 Å². The molecule has 1 amide bonds. The fraction of sp³-hybridized carbons (Fsp3) is 0.650. The van der Waals surface area contributed by atoms with Crippen molar-refractivity contribution in [2.45, 2.75) is 45.6 Å². The molecule has 2 heterocycles. The number of pyridine rings is 1. The van der Waals surface area contributed by atoms with E-state index in [2.05, 4.69) is 25.9 Å². The number of aliphatic imine (C=N–C) groups is 1. The summed E-state index contributed by atoms with van der Waals surface area (Å²) in [6.45, 7) is 8.11. The highest BCUT2D eigenvalue weighted by molar-refractivity contribution is 14.0. The topological polar surface area (TPSA) is 96.9 Å². The summed E-state index contributed by atoms with van der Waals surface area (Å²) in [6, 6.07) is 3.72. The third-order valence-corrected chi connectivity index (χ3v) is 4.21. The van der Waals surface area contributed by atoms with Crippen molar-refractivity contribution in [1.29, 1.82) is 0 Å². The van der Waals surface area contributed by atoms with Gasteiger partial charge in [0.25, 0.3) is 0 Å². The van der Waals surface area contributed by atoms with E-state index in [-0.39, 0.29) is 36.0 Å². The summed E-state index contributed by atoms with van der Waals surface area (Å²) >= 11 is 0. The smallest absolute Gasteiger partial charge is 0.227 e. The maximum absolute atomic E-state index is 12.0. The van der Waals surface area contributed by atoms with Crippen LogP contribution in [0.2, 0.25) is 0 Å². The SMILES string of the molecule is CCNC(=NCCCOCC1CCCO1)NCCC(=O)Nc1ccc(C)cn1.I. The molecule has 0 saturated carbocycles. The molecule has 2 rings (SSSR count). The van der Waals surface area contributed by atoms with E-state index in [4.69, 9.17) is 9.47 Å². The van der Waals surface area contributed by atoms with Gasteiger partial charge < -0.3 is 25.4 Å². The number of hydrogen-bond acceptors (Lipinski definition) is 5. The number of nitrogens with zero attached hydrogens (tertiary/aromatic N) is 2. The number of carbonyl (C=O) groups excluding carboxylic acids is 1. The number of hydrogen-bond donors (Lipinski definition) is 3. The summed E-state index contributed by atoms with van der Waals surface area (Å²) in [6.07, 6.45) is 5.42. The van der Waals surface area contributed by atoms with E-state index in [1.54, 1.807) is 12.3 Å². The lowest BCUT2D eigenvalue weighted by Crippen LogP contribution is -2.38. The molecule has 164 valence electrons. The molecule has 3 N–H and O–H groups in total. The van der Waals surface area contributed by atoms with Gasteiger partial charge in [-0.1, -0.05) is 6.07 Å². The lowest BCUT2D eigenvalue weighted by atomic mass is 10.2. The Morgan fingerprint density at radius 2 is 2.24 bits per heavy atom. The Hall–Kier alpha value is -1.46. The fourth-order valence-corrected chi connectivity index (χ4v) is 2.73. The van der Waals surface area contributed by atoms with Crippen LogP contribution in [0.1, 0.15) is 38.2 Å². The number of carbonyl (C=O) groups is 1. The van der Waals surface area contributed by atoms with Gasteiger partial charge in [0, 0.05) is 45.5 Å². The average Bonchev–Trinajstić information content (AvgIpc) is 3.20. The summed E-state index contributed by atoms with van der Waals surface area (Å²) in [7, 11) is 0. The van der Waals surface area contributed by atoms with Crippen molar-refractivity contribution in [3.05, 3.63) is 23.9 Å². The zero-order valence-electron chi connectivity index (χ0n) is 17.4. The maximum atomic E-state index is 12.0. The molecule has 1 atom stereocenters. The van der Waals surface area contributed by atoms with Gasteiger partial charge in [0.2, 0.25) is 5.91 Å². The minimum atomic E-state index is -0.0813.